The predicted molar refractivity (Wildman–Crippen MR) is 129 cm³/mol. The third-order valence-corrected chi connectivity index (χ3v) is 4.75. The molecule has 0 aliphatic heterocycles. The van der Waals surface area contributed by atoms with Gasteiger partial charge in [0.15, 0.2) is 5.96 Å². The van der Waals surface area contributed by atoms with Crippen molar-refractivity contribution in [2.75, 3.05) is 60.2 Å². The van der Waals surface area contributed by atoms with Crippen LogP contribution in [0.3, 0.4) is 0 Å². The topological polar surface area (TPSA) is 58.1 Å². The van der Waals surface area contributed by atoms with Crippen molar-refractivity contribution in [3.05, 3.63) is 35.4 Å². The fraction of sp³-hybridized carbons (Fsp3) is 0.667. The molecule has 1 rings (SSSR count). The van der Waals surface area contributed by atoms with Crippen molar-refractivity contribution in [3.8, 4) is 0 Å². The lowest BCUT2D eigenvalue weighted by atomic mass is 10.0. The highest BCUT2D eigenvalue weighted by molar-refractivity contribution is 14.0. The molecule has 0 heterocycles. The Balaban J connectivity index is 0.00000900. The van der Waals surface area contributed by atoms with E-state index < -0.39 is 11.7 Å². The minimum atomic E-state index is -4.33. The summed E-state index contributed by atoms with van der Waals surface area (Å²) in [6.45, 7) is 8.65. The quantitative estimate of drug-likeness (QED) is 0.166. The third-order valence-electron chi connectivity index (χ3n) is 4.75. The monoisotopic (exact) mass is 560 g/mol. The molecule has 0 saturated heterocycles. The Morgan fingerprint density at radius 3 is 2.23 bits per heavy atom. The van der Waals surface area contributed by atoms with Gasteiger partial charge in [0.05, 0.1) is 24.8 Å². The Morgan fingerprint density at radius 1 is 1.06 bits per heavy atom. The Kier molecular flexibility index (Phi) is 15.9. The first-order valence-electron chi connectivity index (χ1n) is 10.3. The SMILES string of the molecule is CCN(CC)C(CNC(=NC)NCCCOCCOC)c1ccc(C(F)(F)F)cc1.I. The highest BCUT2D eigenvalue weighted by Gasteiger charge is 2.30. The van der Waals surface area contributed by atoms with Crippen LogP contribution >= 0.6 is 24.0 Å². The summed E-state index contributed by atoms with van der Waals surface area (Å²) >= 11 is 0. The van der Waals surface area contributed by atoms with Crippen LogP contribution in [0.25, 0.3) is 0 Å². The standard InChI is InChI=1S/C21H35F3N4O2.HI/c1-5-28(6-2)19(17-8-10-18(11-9-17)21(22,23)24)16-27-20(25-3)26-12-7-13-30-15-14-29-4;/h8-11,19H,5-7,12-16H2,1-4H3,(H2,25,26,27);1H. The Labute approximate surface area is 201 Å². The van der Waals surface area contributed by atoms with E-state index >= 15 is 0 Å². The first-order chi connectivity index (χ1) is 14.4. The summed E-state index contributed by atoms with van der Waals surface area (Å²) in [6, 6.07) is 5.32. The molecule has 0 aromatic heterocycles. The number of methoxy groups -OCH3 is 1. The summed E-state index contributed by atoms with van der Waals surface area (Å²) < 4.78 is 49.0. The maximum atomic E-state index is 12.9. The number of aliphatic imine (C=N–C) groups is 1. The second kappa shape index (κ2) is 16.5. The van der Waals surface area contributed by atoms with E-state index in [1.165, 1.54) is 0 Å². The number of rotatable bonds is 13. The smallest absolute Gasteiger partial charge is 0.382 e. The predicted octanol–water partition coefficient (Wildman–Crippen LogP) is 3.92. The van der Waals surface area contributed by atoms with Crippen molar-refractivity contribution in [1.29, 1.82) is 0 Å². The van der Waals surface area contributed by atoms with E-state index in [0.717, 1.165) is 37.2 Å². The number of hydrogen-bond donors (Lipinski definition) is 2. The van der Waals surface area contributed by atoms with Crippen LogP contribution in [0.15, 0.2) is 29.3 Å². The molecule has 31 heavy (non-hydrogen) atoms. The largest absolute Gasteiger partial charge is 0.416 e. The molecule has 0 radical (unpaired) electrons. The van der Waals surface area contributed by atoms with Gasteiger partial charge in [0.1, 0.15) is 0 Å². The second-order valence-electron chi connectivity index (χ2n) is 6.70. The average Bonchev–Trinajstić information content (AvgIpc) is 2.73. The lowest BCUT2D eigenvalue weighted by molar-refractivity contribution is -0.137. The number of ether oxygens (including phenoxy) is 2. The van der Waals surface area contributed by atoms with Gasteiger partial charge < -0.3 is 20.1 Å². The van der Waals surface area contributed by atoms with Crippen LogP contribution in [0.4, 0.5) is 13.2 Å². The van der Waals surface area contributed by atoms with Crippen molar-refractivity contribution in [2.24, 2.45) is 4.99 Å². The van der Waals surface area contributed by atoms with Crippen LogP contribution in [0.1, 0.15) is 37.4 Å². The lowest BCUT2D eigenvalue weighted by Gasteiger charge is -2.31. The summed E-state index contributed by atoms with van der Waals surface area (Å²) in [4.78, 5) is 6.43. The van der Waals surface area contributed by atoms with Gasteiger partial charge in [-0.15, -0.1) is 24.0 Å². The number of halogens is 4. The highest BCUT2D eigenvalue weighted by atomic mass is 127. The molecule has 0 amide bonds. The van der Waals surface area contributed by atoms with Gasteiger partial charge >= 0.3 is 6.18 Å². The molecule has 1 aromatic carbocycles. The zero-order valence-corrected chi connectivity index (χ0v) is 21.1. The van der Waals surface area contributed by atoms with Crippen LogP contribution in [-0.4, -0.2) is 71.0 Å². The molecule has 1 unspecified atom stereocenters. The van der Waals surface area contributed by atoms with Crippen molar-refractivity contribution in [1.82, 2.24) is 15.5 Å². The number of nitrogens with one attached hydrogen (secondary N) is 2. The van der Waals surface area contributed by atoms with Gasteiger partial charge in [-0.05, 0) is 37.2 Å². The van der Waals surface area contributed by atoms with Gasteiger partial charge in [-0.1, -0.05) is 26.0 Å². The molecule has 0 saturated carbocycles. The second-order valence-corrected chi connectivity index (χ2v) is 6.70. The summed E-state index contributed by atoms with van der Waals surface area (Å²) in [6.07, 6.45) is -3.51. The van der Waals surface area contributed by atoms with Crippen LogP contribution in [0.2, 0.25) is 0 Å². The Hall–Kier alpha value is -1.11. The van der Waals surface area contributed by atoms with Gasteiger partial charge in [0, 0.05) is 33.9 Å². The fourth-order valence-corrected chi connectivity index (χ4v) is 3.06. The third kappa shape index (κ3) is 11.4. The van der Waals surface area contributed by atoms with Gasteiger partial charge in [-0.3, -0.25) is 9.89 Å². The molecule has 0 aliphatic carbocycles. The zero-order valence-electron chi connectivity index (χ0n) is 18.8. The van der Waals surface area contributed by atoms with Crippen LogP contribution in [0, 0.1) is 0 Å². The summed E-state index contributed by atoms with van der Waals surface area (Å²) in [5.74, 6) is 0.649. The van der Waals surface area contributed by atoms with Crippen molar-refractivity contribution in [2.45, 2.75) is 32.5 Å². The van der Waals surface area contributed by atoms with Crippen molar-refractivity contribution >= 4 is 29.9 Å². The molecule has 0 bridgehead atoms. The first kappa shape index (κ1) is 29.9. The molecule has 180 valence electrons. The summed E-state index contributed by atoms with van der Waals surface area (Å²) in [5, 5.41) is 6.52. The van der Waals surface area contributed by atoms with E-state index in [-0.39, 0.29) is 30.0 Å². The van der Waals surface area contributed by atoms with Crippen LogP contribution in [0.5, 0.6) is 0 Å². The molecular weight excluding hydrogens is 524 g/mol. The number of nitrogens with zero attached hydrogens (tertiary/aromatic N) is 2. The Bertz CT molecular complexity index is 612. The molecule has 1 atom stereocenters. The Morgan fingerprint density at radius 2 is 1.71 bits per heavy atom. The number of alkyl halides is 3. The van der Waals surface area contributed by atoms with E-state index in [4.69, 9.17) is 9.47 Å². The normalized spacial score (nSPS) is 13.1. The van der Waals surface area contributed by atoms with Gasteiger partial charge in [-0.25, -0.2) is 0 Å². The molecule has 6 nitrogen and oxygen atoms in total. The highest BCUT2D eigenvalue weighted by Crippen LogP contribution is 2.30. The van der Waals surface area contributed by atoms with Gasteiger partial charge in [-0.2, -0.15) is 13.2 Å². The van der Waals surface area contributed by atoms with Crippen LogP contribution in [-0.2, 0) is 15.7 Å². The fourth-order valence-electron chi connectivity index (χ4n) is 3.06. The van der Waals surface area contributed by atoms with E-state index in [2.05, 4.69) is 20.5 Å². The van der Waals surface area contributed by atoms with Crippen molar-refractivity contribution < 1.29 is 22.6 Å². The maximum Gasteiger partial charge on any atom is 0.416 e. The summed E-state index contributed by atoms with van der Waals surface area (Å²) in [7, 11) is 3.33. The molecule has 2 N–H and O–H groups in total. The van der Waals surface area contributed by atoms with Crippen LogP contribution < -0.4 is 10.6 Å². The minimum Gasteiger partial charge on any atom is -0.382 e. The average molecular weight is 560 g/mol. The van der Waals surface area contributed by atoms with E-state index in [1.54, 1.807) is 26.3 Å². The molecule has 0 aliphatic rings. The molecule has 1 aromatic rings. The lowest BCUT2D eigenvalue weighted by Crippen LogP contribution is -2.43. The summed E-state index contributed by atoms with van der Waals surface area (Å²) in [5.41, 5.74) is 0.198. The molecule has 10 heteroatoms. The van der Waals surface area contributed by atoms with E-state index in [0.29, 0.717) is 38.9 Å². The zero-order chi connectivity index (χ0) is 22.4. The number of benzene rings is 1. The minimum absolute atomic E-state index is 0. The molecule has 0 spiro atoms. The van der Waals surface area contributed by atoms with Gasteiger partial charge in [0.25, 0.3) is 0 Å². The van der Waals surface area contributed by atoms with E-state index in [9.17, 15) is 13.2 Å². The maximum absolute atomic E-state index is 12.9. The number of guanidine groups is 1. The van der Waals surface area contributed by atoms with Crippen molar-refractivity contribution in [3.63, 3.8) is 0 Å². The van der Waals surface area contributed by atoms with E-state index in [1.807, 2.05) is 13.8 Å². The first-order valence-corrected chi connectivity index (χ1v) is 10.3. The number of likely N-dealkylation sites (N-methyl/N-ethyl adjacent to an activating group) is 1. The molecule has 0 fully saturated rings. The number of hydrogen-bond acceptors (Lipinski definition) is 4. The van der Waals surface area contributed by atoms with Gasteiger partial charge in [0.2, 0.25) is 0 Å². The molecular formula is C21H36F3IN4O2.